The van der Waals surface area contributed by atoms with Crippen molar-refractivity contribution in [2.45, 2.75) is 38.6 Å². The Bertz CT molecular complexity index is 939. The number of hydrogen-bond acceptors (Lipinski definition) is 7. The Hall–Kier alpha value is -2.48. The van der Waals surface area contributed by atoms with E-state index in [-0.39, 0.29) is 5.88 Å². The van der Waals surface area contributed by atoms with Crippen molar-refractivity contribution in [3.8, 4) is 0 Å². The lowest BCUT2D eigenvalue weighted by Crippen LogP contribution is -2.32. The van der Waals surface area contributed by atoms with E-state index in [1.165, 1.54) is 11.3 Å². The number of aliphatic imine (C=N–C) groups is 1. The lowest BCUT2D eigenvalue weighted by atomic mass is 10.1. The van der Waals surface area contributed by atoms with Crippen molar-refractivity contribution < 1.29 is 14.3 Å². The molecule has 0 spiro atoms. The molecule has 0 saturated heterocycles. The topological polar surface area (TPSA) is 104 Å². The van der Waals surface area contributed by atoms with Crippen molar-refractivity contribution >= 4 is 39.0 Å². The fourth-order valence-corrected chi connectivity index (χ4v) is 3.44. The van der Waals surface area contributed by atoms with Crippen LogP contribution in [-0.2, 0) is 0 Å². The molecule has 1 fully saturated rings. The number of pyridine rings is 1. The molecule has 3 aromatic heterocycles. The summed E-state index contributed by atoms with van der Waals surface area (Å²) in [4.78, 5) is 9.71. The van der Waals surface area contributed by atoms with Gasteiger partial charge in [-0.05, 0) is 22.7 Å². The van der Waals surface area contributed by atoms with Crippen LogP contribution in [0, 0.1) is 0 Å². The monoisotopic (exact) mass is 343 g/mol. The number of hydrogen-bond donors (Lipinski definition) is 1. The van der Waals surface area contributed by atoms with Gasteiger partial charge in [0.1, 0.15) is 4.83 Å². The first-order chi connectivity index (χ1) is 11.5. The SMILES string of the molecule is CC(C)c1ccc2c(N)c(/C([O-])=N/c3c[n+](C4CC4)no3)sc2n1. The summed E-state index contributed by atoms with van der Waals surface area (Å²) in [7, 11) is 0. The fourth-order valence-electron chi connectivity index (χ4n) is 2.45. The van der Waals surface area contributed by atoms with Gasteiger partial charge < -0.3 is 10.8 Å². The number of aromatic nitrogens is 3. The third-order valence-electron chi connectivity index (χ3n) is 4.01. The van der Waals surface area contributed by atoms with Crippen LogP contribution in [0.3, 0.4) is 0 Å². The van der Waals surface area contributed by atoms with Crippen molar-refractivity contribution in [3.63, 3.8) is 0 Å². The third kappa shape index (κ3) is 2.62. The molecular formula is C16H17N5O2S. The maximum Gasteiger partial charge on any atom is 0.320 e. The summed E-state index contributed by atoms with van der Waals surface area (Å²) < 4.78 is 6.80. The van der Waals surface area contributed by atoms with Crippen molar-refractivity contribution in [3.05, 3.63) is 28.9 Å². The van der Waals surface area contributed by atoms with Gasteiger partial charge in [0.2, 0.25) is 5.27 Å². The lowest BCUT2D eigenvalue weighted by Gasteiger charge is -2.06. The first-order valence-electron chi connectivity index (χ1n) is 7.86. The highest BCUT2D eigenvalue weighted by atomic mass is 32.1. The van der Waals surface area contributed by atoms with Crippen LogP contribution in [-0.4, -0.2) is 16.2 Å². The van der Waals surface area contributed by atoms with E-state index in [0.717, 1.165) is 28.8 Å². The summed E-state index contributed by atoms with van der Waals surface area (Å²) in [6, 6.07) is 4.23. The van der Waals surface area contributed by atoms with Gasteiger partial charge in [-0.2, -0.15) is 0 Å². The standard InChI is InChI=1S/C16H17N5O2S/c1-8(2)11-6-5-10-13(17)14(24-16(10)18-11)15(22)19-12-7-21(20-23-12)9-3-4-9/h5-9H,3-4H2,1-2H3,(H2-,17,19,20,22). The minimum Gasteiger partial charge on any atom is -0.857 e. The van der Waals surface area contributed by atoms with Gasteiger partial charge in [-0.3, -0.25) is 4.52 Å². The number of fused-ring (bicyclic) bond motifs is 1. The predicted octanol–water partition coefficient (Wildman–Crippen LogP) is 2.05. The molecule has 7 nitrogen and oxygen atoms in total. The summed E-state index contributed by atoms with van der Waals surface area (Å²) in [6.07, 6.45) is 3.81. The highest BCUT2D eigenvalue weighted by Gasteiger charge is 2.35. The number of nitrogen functional groups attached to an aromatic ring is 1. The Balaban J connectivity index is 1.71. The minimum atomic E-state index is -0.430. The quantitative estimate of drug-likeness (QED) is 0.443. The smallest absolute Gasteiger partial charge is 0.320 e. The number of nitrogens with zero attached hydrogens (tertiary/aromatic N) is 4. The zero-order valence-corrected chi connectivity index (χ0v) is 14.2. The Morgan fingerprint density at radius 3 is 2.96 bits per heavy atom. The van der Waals surface area contributed by atoms with Crippen LogP contribution in [0.5, 0.6) is 0 Å². The highest BCUT2D eigenvalue weighted by Crippen LogP contribution is 2.34. The molecule has 0 bridgehead atoms. The van der Waals surface area contributed by atoms with Crippen LogP contribution in [0.4, 0.5) is 11.6 Å². The summed E-state index contributed by atoms with van der Waals surface area (Å²) in [5, 5.41) is 17.1. The Morgan fingerprint density at radius 2 is 2.25 bits per heavy atom. The fraction of sp³-hybridized carbons (Fsp3) is 0.375. The van der Waals surface area contributed by atoms with E-state index in [1.807, 2.05) is 12.1 Å². The molecule has 3 aromatic rings. The van der Waals surface area contributed by atoms with Crippen molar-refractivity contribution in [2.75, 3.05) is 5.73 Å². The Morgan fingerprint density at radius 1 is 1.46 bits per heavy atom. The minimum absolute atomic E-state index is 0.194. The van der Waals surface area contributed by atoms with E-state index >= 15 is 0 Å². The average molecular weight is 343 g/mol. The van der Waals surface area contributed by atoms with Crippen molar-refractivity contribution in [2.24, 2.45) is 4.99 Å². The van der Waals surface area contributed by atoms with Gasteiger partial charge in [-0.15, -0.1) is 11.3 Å². The maximum absolute atomic E-state index is 12.5. The van der Waals surface area contributed by atoms with E-state index in [4.69, 9.17) is 10.3 Å². The van der Waals surface area contributed by atoms with Gasteiger partial charge in [0, 0.05) is 29.8 Å². The lowest BCUT2D eigenvalue weighted by molar-refractivity contribution is -0.765. The molecular weight excluding hydrogens is 326 g/mol. The largest absolute Gasteiger partial charge is 0.857 e. The normalized spacial score (nSPS) is 15.5. The van der Waals surface area contributed by atoms with Crippen LogP contribution < -0.4 is 15.5 Å². The highest BCUT2D eigenvalue weighted by molar-refractivity contribution is 7.21. The second kappa shape index (κ2) is 5.55. The molecule has 24 heavy (non-hydrogen) atoms. The van der Waals surface area contributed by atoms with Crippen molar-refractivity contribution in [1.29, 1.82) is 0 Å². The maximum atomic E-state index is 12.5. The van der Waals surface area contributed by atoms with Gasteiger partial charge >= 0.3 is 5.88 Å². The predicted molar refractivity (Wildman–Crippen MR) is 89.3 cm³/mol. The zero-order chi connectivity index (χ0) is 16.8. The zero-order valence-electron chi connectivity index (χ0n) is 13.4. The molecule has 0 unspecified atom stereocenters. The summed E-state index contributed by atoms with van der Waals surface area (Å²) >= 11 is 1.26. The summed E-state index contributed by atoms with van der Waals surface area (Å²) in [5.74, 6) is 0.0777. The van der Waals surface area contributed by atoms with E-state index < -0.39 is 5.90 Å². The molecule has 0 radical (unpaired) electrons. The van der Waals surface area contributed by atoms with Crippen LogP contribution in [0.25, 0.3) is 10.2 Å². The van der Waals surface area contributed by atoms with Crippen molar-refractivity contribution in [1.82, 2.24) is 10.3 Å². The molecule has 1 aliphatic carbocycles. The van der Waals surface area contributed by atoms with E-state index in [0.29, 0.717) is 22.5 Å². The number of thiophene rings is 1. The molecule has 0 aliphatic heterocycles. The van der Waals surface area contributed by atoms with Crippen LogP contribution in [0.2, 0.25) is 0 Å². The van der Waals surface area contributed by atoms with E-state index in [9.17, 15) is 5.11 Å². The molecule has 1 aliphatic rings. The third-order valence-corrected chi connectivity index (χ3v) is 5.11. The molecule has 4 rings (SSSR count). The van der Waals surface area contributed by atoms with Crippen LogP contribution in [0.15, 0.2) is 27.8 Å². The molecule has 0 aromatic carbocycles. The summed E-state index contributed by atoms with van der Waals surface area (Å²) in [6.45, 7) is 4.15. The second-order valence-corrected chi connectivity index (χ2v) is 7.26. The number of rotatable bonds is 4. The molecule has 8 heteroatoms. The Kier molecular flexibility index (Phi) is 3.49. The Labute approximate surface area is 142 Å². The molecule has 1 saturated carbocycles. The van der Waals surface area contributed by atoms with E-state index in [1.54, 1.807) is 10.9 Å². The molecule has 124 valence electrons. The van der Waals surface area contributed by atoms with Gasteiger partial charge in [0.15, 0.2) is 6.04 Å². The first kappa shape index (κ1) is 15.1. The average Bonchev–Trinajstić information content (AvgIpc) is 3.22. The van der Waals surface area contributed by atoms with Gasteiger partial charge in [-0.1, -0.05) is 13.8 Å². The number of nitrogens with two attached hydrogens (primary N) is 1. The molecule has 3 heterocycles. The molecule has 2 N–H and O–H groups in total. The van der Waals surface area contributed by atoms with Crippen LogP contribution in [0.1, 0.15) is 49.2 Å². The molecule has 0 amide bonds. The van der Waals surface area contributed by atoms with E-state index in [2.05, 4.69) is 29.1 Å². The second-order valence-electron chi connectivity index (χ2n) is 6.26. The van der Waals surface area contributed by atoms with Gasteiger partial charge in [0.05, 0.1) is 10.6 Å². The molecule has 0 atom stereocenters. The van der Waals surface area contributed by atoms with Gasteiger partial charge in [-0.25, -0.2) is 9.98 Å². The van der Waals surface area contributed by atoms with Crippen LogP contribution >= 0.6 is 11.3 Å². The first-order valence-corrected chi connectivity index (χ1v) is 8.67. The number of anilines is 1. The van der Waals surface area contributed by atoms with Gasteiger partial charge in [0.25, 0.3) is 6.20 Å². The summed E-state index contributed by atoms with van der Waals surface area (Å²) in [5.41, 5.74) is 7.51.